The number of aryl methyl sites for hydroxylation is 2. The lowest BCUT2D eigenvalue weighted by molar-refractivity contribution is -0.00583. The molecule has 2 atom stereocenters. The molecule has 160 valence electrons. The van der Waals surface area contributed by atoms with Crippen LogP contribution in [0.15, 0.2) is 27.8 Å². The van der Waals surface area contributed by atoms with Crippen molar-refractivity contribution in [2.75, 3.05) is 18.0 Å². The summed E-state index contributed by atoms with van der Waals surface area (Å²) < 4.78 is 10.2. The molecule has 30 heavy (non-hydrogen) atoms. The van der Waals surface area contributed by atoms with E-state index in [4.69, 9.17) is 27.9 Å². The zero-order valence-corrected chi connectivity index (χ0v) is 18.7. The maximum atomic E-state index is 13.3. The topological polar surface area (TPSA) is 74.3 Å². The molecule has 0 N–H and O–H groups in total. The van der Waals surface area contributed by atoms with Gasteiger partial charge in [0.2, 0.25) is 5.95 Å². The molecular formula is C20H23Cl2N5O3. The Morgan fingerprint density at radius 1 is 1.07 bits per heavy atom. The third-order valence-corrected chi connectivity index (χ3v) is 6.10. The molecule has 0 saturated carbocycles. The van der Waals surface area contributed by atoms with Crippen LogP contribution in [0, 0.1) is 0 Å². The summed E-state index contributed by atoms with van der Waals surface area (Å²) in [5.74, 6) is 0.645. The number of rotatable bonds is 3. The van der Waals surface area contributed by atoms with Crippen LogP contribution in [-0.4, -0.2) is 44.0 Å². The van der Waals surface area contributed by atoms with E-state index >= 15 is 0 Å². The van der Waals surface area contributed by atoms with Crippen molar-refractivity contribution in [3.05, 3.63) is 54.6 Å². The number of benzene rings is 1. The molecule has 0 aliphatic carbocycles. The van der Waals surface area contributed by atoms with E-state index in [0.717, 1.165) is 0 Å². The van der Waals surface area contributed by atoms with Crippen LogP contribution >= 0.6 is 23.2 Å². The average molecular weight is 452 g/mol. The molecule has 0 bridgehead atoms. The Bertz CT molecular complexity index is 1240. The van der Waals surface area contributed by atoms with Crippen molar-refractivity contribution in [1.82, 2.24) is 18.7 Å². The van der Waals surface area contributed by atoms with Gasteiger partial charge in [0, 0.05) is 27.2 Å². The standard InChI is InChI=1S/C20H23Cl2N5O3/c1-11-8-26(9-12(2)30-11)19-23-17-16(24(19)3)18(28)27(20(29)25(17)4)10-13-5-6-14(21)15(22)7-13/h5-7,11-12H,8-10H2,1-4H3/t11-,12-/m0/s1. The third-order valence-electron chi connectivity index (χ3n) is 5.36. The molecule has 0 unspecified atom stereocenters. The second-order valence-corrected chi connectivity index (χ2v) is 8.60. The maximum Gasteiger partial charge on any atom is 0.332 e. The number of ether oxygens (including phenoxy) is 1. The summed E-state index contributed by atoms with van der Waals surface area (Å²) in [6.07, 6.45) is 0.0902. The van der Waals surface area contributed by atoms with E-state index < -0.39 is 11.2 Å². The van der Waals surface area contributed by atoms with Crippen LogP contribution in [0.5, 0.6) is 0 Å². The van der Waals surface area contributed by atoms with E-state index in [1.165, 1.54) is 9.13 Å². The number of halogens is 2. The quantitative estimate of drug-likeness (QED) is 0.610. The average Bonchev–Trinajstić information content (AvgIpc) is 3.03. The summed E-state index contributed by atoms with van der Waals surface area (Å²) in [7, 11) is 3.42. The first-order valence-corrected chi connectivity index (χ1v) is 10.4. The van der Waals surface area contributed by atoms with Crippen LogP contribution in [0.2, 0.25) is 10.0 Å². The van der Waals surface area contributed by atoms with Crippen molar-refractivity contribution in [3.63, 3.8) is 0 Å². The normalized spacial score (nSPS) is 19.6. The molecule has 3 aromatic rings. The Hall–Kier alpha value is -2.29. The Labute approximate surface area is 183 Å². The molecule has 8 nitrogen and oxygen atoms in total. The number of imidazole rings is 1. The van der Waals surface area contributed by atoms with E-state index in [-0.39, 0.29) is 18.8 Å². The minimum Gasteiger partial charge on any atom is -0.372 e. The summed E-state index contributed by atoms with van der Waals surface area (Å²) >= 11 is 12.1. The molecule has 1 aliphatic heterocycles. The number of fused-ring (bicyclic) bond motifs is 1. The first-order chi connectivity index (χ1) is 14.2. The minimum atomic E-state index is -0.438. The molecular weight excluding hydrogens is 429 g/mol. The number of morpholine rings is 1. The molecule has 10 heteroatoms. The number of aromatic nitrogens is 4. The van der Waals surface area contributed by atoms with Gasteiger partial charge in [0.1, 0.15) is 0 Å². The van der Waals surface area contributed by atoms with Gasteiger partial charge in [-0.15, -0.1) is 0 Å². The van der Waals surface area contributed by atoms with Crippen molar-refractivity contribution in [2.24, 2.45) is 14.1 Å². The molecule has 1 aliphatic rings. The largest absolute Gasteiger partial charge is 0.372 e. The lowest BCUT2D eigenvalue weighted by Crippen LogP contribution is -2.46. The van der Waals surface area contributed by atoms with Crippen molar-refractivity contribution in [3.8, 4) is 0 Å². The van der Waals surface area contributed by atoms with Crippen LogP contribution in [0.25, 0.3) is 11.2 Å². The summed E-state index contributed by atoms with van der Waals surface area (Å²) in [5, 5.41) is 0.792. The van der Waals surface area contributed by atoms with E-state index in [9.17, 15) is 9.59 Å². The van der Waals surface area contributed by atoms with Crippen LogP contribution in [0.4, 0.5) is 5.95 Å². The van der Waals surface area contributed by atoms with Crippen LogP contribution < -0.4 is 16.1 Å². The molecule has 1 saturated heterocycles. The van der Waals surface area contributed by atoms with Gasteiger partial charge in [-0.1, -0.05) is 29.3 Å². The van der Waals surface area contributed by atoms with E-state index in [1.807, 2.05) is 13.8 Å². The first-order valence-electron chi connectivity index (χ1n) is 9.68. The predicted octanol–water partition coefficient (Wildman–Crippen LogP) is 2.40. The van der Waals surface area contributed by atoms with Crippen molar-refractivity contribution < 1.29 is 4.74 Å². The highest BCUT2D eigenvalue weighted by Gasteiger charge is 2.27. The first kappa shape index (κ1) is 21.0. The zero-order chi connectivity index (χ0) is 21.7. The molecule has 4 rings (SSSR count). The fourth-order valence-corrected chi connectivity index (χ4v) is 4.34. The van der Waals surface area contributed by atoms with Gasteiger partial charge in [-0.2, -0.15) is 4.98 Å². The highest BCUT2D eigenvalue weighted by molar-refractivity contribution is 6.42. The smallest absolute Gasteiger partial charge is 0.332 e. The lowest BCUT2D eigenvalue weighted by atomic mass is 10.2. The Kier molecular flexibility index (Phi) is 5.42. The highest BCUT2D eigenvalue weighted by atomic mass is 35.5. The minimum absolute atomic E-state index is 0.0451. The van der Waals surface area contributed by atoms with Crippen molar-refractivity contribution in [2.45, 2.75) is 32.6 Å². The summed E-state index contributed by atoms with van der Waals surface area (Å²) in [5.41, 5.74) is 0.613. The number of hydrogen-bond donors (Lipinski definition) is 0. The lowest BCUT2D eigenvalue weighted by Gasteiger charge is -2.35. The molecule has 3 heterocycles. The molecule has 2 aromatic heterocycles. The Morgan fingerprint density at radius 2 is 1.73 bits per heavy atom. The number of hydrogen-bond acceptors (Lipinski definition) is 5. The summed E-state index contributed by atoms with van der Waals surface area (Å²) in [6.45, 7) is 5.42. The van der Waals surface area contributed by atoms with Gasteiger partial charge in [-0.05, 0) is 31.5 Å². The van der Waals surface area contributed by atoms with Gasteiger partial charge in [0.25, 0.3) is 5.56 Å². The monoisotopic (exact) mass is 451 g/mol. The zero-order valence-electron chi connectivity index (χ0n) is 17.2. The van der Waals surface area contributed by atoms with E-state index in [2.05, 4.69) is 9.88 Å². The molecule has 0 amide bonds. The molecule has 0 radical (unpaired) electrons. The van der Waals surface area contributed by atoms with Gasteiger partial charge in [0.15, 0.2) is 11.2 Å². The highest BCUT2D eigenvalue weighted by Crippen LogP contribution is 2.24. The SMILES string of the molecule is C[C@H]1CN(c2nc3c(c(=O)n(Cc4ccc(Cl)c(Cl)c4)c(=O)n3C)n2C)C[C@H](C)O1. The van der Waals surface area contributed by atoms with Crippen LogP contribution in [0.1, 0.15) is 19.4 Å². The van der Waals surface area contributed by atoms with Gasteiger partial charge < -0.3 is 14.2 Å². The summed E-state index contributed by atoms with van der Waals surface area (Å²) in [6, 6.07) is 5.05. The fraction of sp³-hybridized carbons (Fsp3) is 0.450. The predicted molar refractivity (Wildman–Crippen MR) is 118 cm³/mol. The molecule has 1 fully saturated rings. The van der Waals surface area contributed by atoms with E-state index in [1.54, 1.807) is 36.9 Å². The molecule has 0 spiro atoms. The second kappa shape index (κ2) is 7.76. The van der Waals surface area contributed by atoms with Gasteiger partial charge in [-0.3, -0.25) is 13.9 Å². The van der Waals surface area contributed by atoms with Gasteiger partial charge in [-0.25, -0.2) is 4.79 Å². The molecule has 1 aromatic carbocycles. The van der Waals surface area contributed by atoms with Crippen LogP contribution in [-0.2, 0) is 25.4 Å². The van der Waals surface area contributed by atoms with Gasteiger partial charge in [0.05, 0.1) is 28.8 Å². The maximum absolute atomic E-state index is 13.3. The number of nitrogens with zero attached hydrogens (tertiary/aromatic N) is 5. The van der Waals surface area contributed by atoms with Crippen molar-refractivity contribution in [1.29, 1.82) is 0 Å². The number of anilines is 1. The van der Waals surface area contributed by atoms with Crippen molar-refractivity contribution >= 4 is 40.3 Å². The van der Waals surface area contributed by atoms with Gasteiger partial charge >= 0.3 is 5.69 Å². The Balaban J connectivity index is 1.84. The second-order valence-electron chi connectivity index (χ2n) is 7.79. The Morgan fingerprint density at radius 3 is 2.37 bits per heavy atom. The fourth-order valence-electron chi connectivity index (χ4n) is 4.02. The van der Waals surface area contributed by atoms with Crippen LogP contribution in [0.3, 0.4) is 0 Å². The third kappa shape index (κ3) is 3.53. The summed E-state index contributed by atoms with van der Waals surface area (Å²) in [4.78, 5) is 33.0. The van der Waals surface area contributed by atoms with E-state index in [0.29, 0.717) is 45.8 Å².